The zero-order valence-corrected chi connectivity index (χ0v) is 18.7. The smallest absolute Gasteiger partial charge is 0.263 e. The van der Waals surface area contributed by atoms with Gasteiger partial charge in [-0.1, -0.05) is 34.8 Å². The lowest BCUT2D eigenvalue weighted by Gasteiger charge is -2.12. The topological polar surface area (TPSA) is 76.4 Å². The maximum atomic E-state index is 12.8. The molecule has 0 atom stereocenters. The summed E-state index contributed by atoms with van der Waals surface area (Å²) < 4.78 is 34.5. The van der Waals surface area contributed by atoms with Crippen LogP contribution in [-0.4, -0.2) is 14.2 Å². The Labute approximate surface area is 184 Å². The molecule has 10 heteroatoms. The largest absolute Gasteiger partial charge is 0.459 e. The Kier molecular flexibility index (Phi) is 5.17. The van der Waals surface area contributed by atoms with Crippen LogP contribution in [0.25, 0.3) is 11.0 Å². The summed E-state index contributed by atoms with van der Waals surface area (Å²) in [5, 5.41) is 0.723. The maximum Gasteiger partial charge on any atom is 0.263 e. The van der Waals surface area contributed by atoms with Crippen molar-refractivity contribution in [2.45, 2.75) is 24.2 Å². The average Bonchev–Trinajstić information content (AvgIpc) is 2.98. The summed E-state index contributed by atoms with van der Waals surface area (Å²) >= 11 is 21.2. The molecule has 146 valence electrons. The van der Waals surface area contributed by atoms with Crippen LogP contribution in [0.15, 0.2) is 38.1 Å². The molecule has 1 N–H and O–H groups in total. The third kappa shape index (κ3) is 3.44. The number of ketones is 1. The fourth-order valence-electron chi connectivity index (χ4n) is 3.20. The molecule has 0 aliphatic heterocycles. The SMILES string of the molecule is O=C1CCCc2oc3c(Br)cc(NS(=O)(=O)c4cc(Cl)c(Cl)cc4Cl)cc3c21. The lowest BCUT2D eigenvalue weighted by molar-refractivity contribution is 0.0971. The third-order valence-electron chi connectivity index (χ3n) is 4.42. The zero-order valence-electron chi connectivity index (χ0n) is 14.0. The van der Waals surface area contributed by atoms with E-state index in [1.54, 1.807) is 12.1 Å². The molecule has 28 heavy (non-hydrogen) atoms. The second-order valence-electron chi connectivity index (χ2n) is 6.31. The highest BCUT2D eigenvalue weighted by Gasteiger charge is 2.27. The first-order chi connectivity index (χ1) is 13.2. The first kappa shape index (κ1) is 20.0. The molecule has 5 nitrogen and oxygen atoms in total. The highest BCUT2D eigenvalue weighted by molar-refractivity contribution is 9.10. The van der Waals surface area contributed by atoms with E-state index < -0.39 is 10.0 Å². The van der Waals surface area contributed by atoms with Crippen molar-refractivity contribution in [2.24, 2.45) is 0 Å². The molecular formula is C18H11BrCl3NO4S. The second kappa shape index (κ2) is 7.22. The Morgan fingerprint density at radius 2 is 1.71 bits per heavy atom. The molecule has 1 aromatic heterocycles. The molecule has 1 aliphatic rings. The number of fused-ring (bicyclic) bond motifs is 3. The number of halogens is 4. The van der Waals surface area contributed by atoms with Crippen molar-refractivity contribution in [1.29, 1.82) is 0 Å². The standard InChI is InChI=1S/C18H11BrCl3NO4S/c19-10-5-8(4-9-17-14(24)2-1-3-15(17)27-18(9)10)23-28(25,26)16-7-12(21)11(20)6-13(16)22/h4-7,23H,1-3H2. The molecule has 4 rings (SSSR count). The van der Waals surface area contributed by atoms with E-state index in [1.807, 2.05) is 0 Å². The highest BCUT2D eigenvalue weighted by Crippen LogP contribution is 2.39. The summed E-state index contributed by atoms with van der Waals surface area (Å²) in [6.45, 7) is 0. The number of sulfonamides is 1. The van der Waals surface area contributed by atoms with Crippen LogP contribution in [0.4, 0.5) is 5.69 Å². The van der Waals surface area contributed by atoms with Gasteiger partial charge in [-0.15, -0.1) is 0 Å². The Morgan fingerprint density at radius 3 is 2.46 bits per heavy atom. The van der Waals surface area contributed by atoms with Gasteiger partial charge in [0.1, 0.15) is 16.2 Å². The van der Waals surface area contributed by atoms with Crippen LogP contribution >= 0.6 is 50.7 Å². The highest BCUT2D eigenvalue weighted by atomic mass is 79.9. The maximum absolute atomic E-state index is 12.8. The number of aryl methyl sites for hydroxylation is 1. The van der Waals surface area contributed by atoms with Gasteiger partial charge in [0.25, 0.3) is 10.0 Å². The molecule has 3 aromatic rings. The van der Waals surface area contributed by atoms with E-state index >= 15 is 0 Å². The van der Waals surface area contributed by atoms with E-state index in [9.17, 15) is 13.2 Å². The van der Waals surface area contributed by atoms with Gasteiger partial charge < -0.3 is 4.42 Å². The van der Waals surface area contributed by atoms with E-state index in [1.165, 1.54) is 12.1 Å². The van der Waals surface area contributed by atoms with Crippen LogP contribution in [0.5, 0.6) is 0 Å². The number of furan rings is 1. The van der Waals surface area contributed by atoms with Gasteiger partial charge in [0.15, 0.2) is 5.78 Å². The van der Waals surface area contributed by atoms with Crippen LogP contribution in [0.3, 0.4) is 0 Å². The van der Waals surface area contributed by atoms with Gasteiger partial charge in [-0.2, -0.15) is 0 Å². The Bertz CT molecular complexity index is 1250. The molecule has 0 bridgehead atoms. The van der Waals surface area contributed by atoms with Gasteiger partial charge in [-0.25, -0.2) is 8.42 Å². The number of rotatable bonds is 3. The van der Waals surface area contributed by atoms with E-state index in [0.717, 1.165) is 6.42 Å². The van der Waals surface area contributed by atoms with Gasteiger partial charge >= 0.3 is 0 Å². The minimum atomic E-state index is -4.05. The van der Waals surface area contributed by atoms with Gasteiger partial charge in [-0.3, -0.25) is 9.52 Å². The number of hydrogen-bond acceptors (Lipinski definition) is 4. The molecule has 0 unspecified atom stereocenters. The van der Waals surface area contributed by atoms with Crippen LogP contribution in [0, 0.1) is 0 Å². The second-order valence-corrected chi connectivity index (χ2v) is 10.0. The Hall–Kier alpha value is -1.25. The number of anilines is 1. The summed E-state index contributed by atoms with van der Waals surface area (Å²) in [6.07, 6.45) is 1.84. The fourth-order valence-corrected chi connectivity index (χ4v) is 5.79. The van der Waals surface area contributed by atoms with Crippen molar-refractivity contribution in [3.05, 3.63) is 55.1 Å². The number of carbonyl (C=O) groups excluding carboxylic acids is 1. The number of nitrogens with one attached hydrogen (secondary N) is 1. The van der Waals surface area contributed by atoms with Gasteiger partial charge in [0, 0.05) is 18.2 Å². The predicted molar refractivity (Wildman–Crippen MR) is 113 cm³/mol. The van der Waals surface area contributed by atoms with Crippen LogP contribution in [-0.2, 0) is 16.4 Å². The van der Waals surface area contributed by atoms with Crippen molar-refractivity contribution >= 4 is 83.2 Å². The van der Waals surface area contributed by atoms with Crippen molar-refractivity contribution in [1.82, 2.24) is 0 Å². The summed E-state index contributed by atoms with van der Waals surface area (Å²) in [4.78, 5) is 12.1. The minimum absolute atomic E-state index is 0.0144. The number of Topliss-reactive ketones (excluding diaryl/α,β-unsaturated/α-hetero) is 1. The van der Waals surface area contributed by atoms with Gasteiger partial charge in [-0.05, 0) is 46.6 Å². The first-order valence-corrected chi connectivity index (χ1v) is 11.5. The normalized spacial score (nSPS) is 14.4. The lowest BCUT2D eigenvalue weighted by Crippen LogP contribution is -2.14. The third-order valence-corrected chi connectivity index (χ3v) is 7.58. The minimum Gasteiger partial charge on any atom is -0.459 e. The van der Waals surface area contributed by atoms with Crippen molar-refractivity contribution in [3.8, 4) is 0 Å². The molecule has 0 radical (unpaired) electrons. The van der Waals surface area contributed by atoms with Crippen molar-refractivity contribution in [2.75, 3.05) is 4.72 Å². The molecule has 0 saturated heterocycles. The van der Waals surface area contributed by atoms with Crippen LogP contribution in [0.1, 0.15) is 29.0 Å². The van der Waals surface area contributed by atoms with E-state index in [2.05, 4.69) is 20.7 Å². The van der Waals surface area contributed by atoms with Crippen LogP contribution < -0.4 is 4.72 Å². The number of hydrogen-bond donors (Lipinski definition) is 1. The van der Waals surface area contributed by atoms with E-state index in [-0.39, 0.29) is 31.4 Å². The first-order valence-electron chi connectivity index (χ1n) is 8.13. The Morgan fingerprint density at radius 1 is 1.00 bits per heavy atom. The molecule has 1 heterocycles. The lowest BCUT2D eigenvalue weighted by atomic mass is 9.94. The summed E-state index contributed by atoms with van der Waals surface area (Å²) in [6, 6.07) is 5.59. The van der Waals surface area contributed by atoms with E-state index in [4.69, 9.17) is 39.2 Å². The molecular weight excluding hydrogens is 513 g/mol. The van der Waals surface area contributed by atoms with Gasteiger partial charge in [0.2, 0.25) is 0 Å². The molecule has 0 spiro atoms. The predicted octanol–water partition coefficient (Wildman–Crippen LogP) is 6.48. The monoisotopic (exact) mass is 521 g/mol. The summed E-state index contributed by atoms with van der Waals surface area (Å²) in [5.41, 5.74) is 1.27. The van der Waals surface area contributed by atoms with Crippen molar-refractivity contribution in [3.63, 3.8) is 0 Å². The molecule has 0 fully saturated rings. The molecule has 0 amide bonds. The average molecular weight is 524 g/mol. The molecule has 0 saturated carbocycles. The number of benzene rings is 2. The fraction of sp³-hybridized carbons (Fsp3) is 0.167. The van der Waals surface area contributed by atoms with E-state index in [0.29, 0.717) is 39.6 Å². The summed E-state index contributed by atoms with van der Waals surface area (Å²) in [7, 11) is -4.05. The van der Waals surface area contributed by atoms with Crippen molar-refractivity contribution < 1.29 is 17.6 Å². The van der Waals surface area contributed by atoms with Gasteiger partial charge in [0.05, 0.1) is 30.8 Å². The number of carbonyl (C=O) groups is 1. The molecule has 1 aliphatic carbocycles. The molecule has 2 aromatic carbocycles. The Balaban J connectivity index is 1.81. The quantitative estimate of drug-likeness (QED) is 0.399. The van der Waals surface area contributed by atoms with Crippen LogP contribution in [0.2, 0.25) is 15.1 Å². The summed E-state index contributed by atoms with van der Waals surface area (Å²) in [5.74, 6) is 0.610. The zero-order chi connectivity index (χ0) is 20.2.